The predicted molar refractivity (Wildman–Crippen MR) is 39.9 cm³/mol. The maximum atomic E-state index is 3.95. The fraction of sp³-hybridized carbons (Fsp3) is 0.857. The standard InChI is InChI=1S/C7H12N4/c1-6-2-3-7-8-9-10-11(7)5-4-6/h6H,2-5H2,1H3. The lowest BCUT2D eigenvalue weighted by Gasteiger charge is -2.02. The largest absolute Gasteiger partial charge is 0.230 e. The number of fused-ring (bicyclic) bond motifs is 1. The third-order valence-corrected chi connectivity index (χ3v) is 2.30. The summed E-state index contributed by atoms with van der Waals surface area (Å²) in [6.07, 6.45) is 3.46. The summed E-state index contributed by atoms with van der Waals surface area (Å²) in [7, 11) is 0. The van der Waals surface area contributed by atoms with E-state index in [2.05, 4.69) is 22.4 Å². The maximum absolute atomic E-state index is 3.95. The van der Waals surface area contributed by atoms with E-state index < -0.39 is 0 Å². The van der Waals surface area contributed by atoms with Gasteiger partial charge in [0.2, 0.25) is 0 Å². The molecule has 0 fully saturated rings. The molecule has 0 radical (unpaired) electrons. The summed E-state index contributed by atoms with van der Waals surface area (Å²) in [4.78, 5) is 0. The minimum atomic E-state index is 0.804. The SMILES string of the molecule is CC1CCc2nnnn2CC1. The zero-order valence-corrected chi connectivity index (χ0v) is 6.69. The molecule has 4 heteroatoms. The lowest BCUT2D eigenvalue weighted by atomic mass is 10.0. The highest BCUT2D eigenvalue weighted by molar-refractivity contribution is 4.84. The second-order valence-corrected chi connectivity index (χ2v) is 3.25. The molecule has 0 bridgehead atoms. The smallest absolute Gasteiger partial charge is 0.151 e. The summed E-state index contributed by atoms with van der Waals surface area (Å²) in [5.74, 6) is 1.85. The van der Waals surface area contributed by atoms with E-state index in [-0.39, 0.29) is 0 Å². The van der Waals surface area contributed by atoms with Crippen molar-refractivity contribution in [1.29, 1.82) is 0 Å². The molecule has 1 aliphatic heterocycles. The van der Waals surface area contributed by atoms with Crippen LogP contribution in [-0.4, -0.2) is 20.2 Å². The van der Waals surface area contributed by atoms with Crippen molar-refractivity contribution in [2.24, 2.45) is 5.92 Å². The molecule has 1 aromatic heterocycles. The van der Waals surface area contributed by atoms with Gasteiger partial charge in [-0.2, -0.15) is 0 Å². The van der Waals surface area contributed by atoms with E-state index >= 15 is 0 Å². The van der Waals surface area contributed by atoms with Gasteiger partial charge in [-0.15, -0.1) is 5.10 Å². The van der Waals surface area contributed by atoms with Crippen LogP contribution in [0.5, 0.6) is 0 Å². The molecule has 1 atom stereocenters. The Balaban J connectivity index is 2.20. The molecule has 0 saturated carbocycles. The molecular weight excluding hydrogens is 140 g/mol. The molecule has 0 amide bonds. The van der Waals surface area contributed by atoms with Crippen LogP contribution >= 0.6 is 0 Å². The third kappa shape index (κ3) is 1.25. The van der Waals surface area contributed by atoms with Crippen LogP contribution in [0, 0.1) is 5.92 Å². The Morgan fingerprint density at radius 1 is 1.45 bits per heavy atom. The summed E-state index contributed by atoms with van der Waals surface area (Å²) in [6, 6.07) is 0. The van der Waals surface area contributed by atoms with E-state index in [1.807, 2.05) is 4.68 Å². The number of rotatable bonds is 0. The quantitative estimate of drug-likeness (QED) is 0.548. The van der Waals surface area contributed by atoms with Crippen LogP contribution in [-0.2, 0) is 13.0 Å². The van der Waals surface area contributed by atoms with Crippen LogP contribution in [0.1, 0.15) is 25.6 Å². The Kier molecular flexibility index (Phi) is 1.60. The molecule has 1 aromatic rings. The first-order chi connectivity index (χ1) is 5.36. The molecule has 0 aliphatic carbocycles. The average molecular weight is 152 g/mol. The zero-order chi connectivity index (χ0) is 7.68. The molecule has 1 aliphatic rings. The molecule has 0 aromatic carbocycles. The van der Waals surface area contributed by atoms with Crippen molar-refractivity contribution < 1.29 is 0 Å². The number of aryl methyl sites for hydroxylation is 2. The van der Waals surface area contributed by atoms with E-state index in [1.165, 1.54) is 12.8 Å². The van der Waals surface area contributed by atoms with Crippen molar-refractivity contribution >= 4 is 0 Å². The van der Waals surface area contributed by atoms with Crippen LogP contribution in [0.2, 0.25) is 0 Å². The van der Waals surface area contributed by atoms with Crippen LogP contribution in [0.25, 0.3) is 0 Å². The number of hydrogen-bond acceptors (Lipinski definition) is 3. The van der Waals surface area contributed by atoms with E-state index in [4.69, 9.17) is 0 Å². The van der Waals surface area contributed by atoms with Gasteiger partial charge in [-0.05, 0) is 29.2 Å². The van der Waals surface area contributed by atoms with Gasteiger partial charge < -0.3 is 0 Å². The molecule has 2 rings (SSSR count). The third-order valence-electron chi connectivity index (χ3n) is 2.30. The van der Waals surface area contributed by atoms with Crippen LogP contribution in [0.3, 0.4) is 0 Å². The van der Waals surface area contributed by atoms with Crippen molar-refractivity contribution in [3.8, 4) is 0 Å². The summed E-state index contributed by atoms with van der Waals surface area (Å²) >= 11 is 0. The van der Waals surface area contributed by atoms with E-state index in [1.54, 1.807) is 0 Å². The zero-order valence-electron chi connectivity index (χ0n) is 6.69. The Labute approximate surface area is 65.6 Å². The van der Waals surface area contributed by atoms with Gasteiger partial charge in [-0.3, -0.25) is 0 Å². The van der Waals surface area contributed by atoms with Crippen LogP contribution in [0.15, 0.2) is 0 Å². The highest BCUT2D eigenvalue weighted by Gasteiger charge is 2.13. The number of tetrazole rings is 1. The molecular formula is C7H12N4. The number of aromatic nitrogens is 4. The van der Waals surface area contributed by atoms with Gasteiger partial charge >= 0.3 is 0 Å². The van der Waals surface area contributed by atoms with Gasteiger partial charge in [0.05, 0.1) is 0 Å². The predicted octanol–water partition coefficient (Wildman–Crippen LogP) is 0.645. The van der Waals surface area contributed by atoms with Crippen molar-refractivity contribution in [3.63, 3.8) is 0 Å². The van der Waals surface area contributed by atoms with Crippen LogP contribution < -0.4 is 0 Å². The molecule has 4 nitrogen and oxygen atoms in total. The Morgan fingerprint density at radius 2 is 2.36 bits per heavy atom. The first kappa shape index (κ1) is 6.76. The fourth-order valence-corrected chi connectivity index (χ4v) is 1.44. The minimum absolute atomic E-state index is 0.804. The average Bonchev–Trinajstić information content (AvgIpc) is 2.38. The van der Waals surface area contributed by atoms with Crippen molar-refractivity contribution in [2.75, 3.05) is 0 Å². The molecule has 1 unspecified atom stereocenters. The van der Waals surface area contributed by atoms with Crippen molar-refractivity contribution in [3.05, 3.63) is 5.82 Å². The van der Waals surface area contributed by atoms with Gasteiger partial charge in [-0.25, -0.2) is 4.68 Å². The summed E-state index contributed by atoms with van der Waals surface area (Å²) < 4.78 is 1.92. The van der Waals surface area contributed by atoms with Crippen LogP contribution in [0.4, 0.5) is 0 Å². The minimum Gasteiger partial charge on any atom is -0.230 e. The first-order valence-electron chi connectivity index (χ1n) is 4.11. The molecule has 0 saturated heterocycles. The van der Waals surface area contributed by atoms with Crippen molar-refractivity contribution in [2.45, 2.75) is 32.7 Å². The fourth-order valence-electron chi connectivity index (χ4n) is 1.44. The normalized spacial score (nSPS) is 24.3. The number of hydrogen-bond donors (Lipinski definition) is 0. The van der Waals surface area contributed by atoms with Gasteiger partial charge in [0.15, 0.2) is 5.82 Å². The second-order valence-electron chi connectivity index (χ2n) is 3.25. The van der Waals surface area contributed by atoms with Gasteiger partial charge in [0, 0.05) is 13.0 Å². The Hall–Kier alpha value is -0.930. The maximum Gasteiger partial charge on any atom is 0.151 e. The van der Waals surface area contributed by atoms with Gasteiger partial charge in [-0.1, -0.05) is 6.92 Å². The Bertz CT molecular complexity index is 220. The lowest BCUT2D eigenvalue weighted by Crippen LogP contribution is -2.02. The molecule has 2 heterocycles. The Morgan fingerprint density at radius 3 is 3.27 bits per heavy atom. The highest BCUT2D eigenvalue weighted by atomic mass is 15.5. The van der Waals surface area contributed by atoms with Gasteiger partial charge in [0.25, 0.3) is 0 Å². The summed E-state index contributed by atoms with van der Waals surface area (Å²) in [5, 5.41) is 11.5. The first-order valence-corrected chi connectivity index (χ1v) is 4.11. The molecule has 0 spiro atoms. The van der Waals surface area contributed by atoms with Gasteiger partial charge in [0.1, 0.15) is 0 Å². The lowest BCUT2D eigenvalue weighted by molar-refractivity contribution is 0.463. The van der Waals surface area contributed by atoms with E-state index in [0.717, 1.165) is 24.7 Å². The van der Waals surface area contributed by atoms with Crippen molar-refractivity contribution in [1.82, 2.24) is 20.2 Å². The van der Waals surface area contributed by atoms with E-state index in [9.17, 15) is 0 Å². The number of nitrogens with zero attached hydrogens (tertiary/aromatic N) is 4. The van der Waals surface area contributed by atoms with E-state index in [0.29, 0.717) is 0 Å². The monoisotopic (exact) mass is 152 g/mol. The molecule has 11 heavy (non-hydrogen) atoms. The summed E-state index contributed by atoms with van der Waals surface area (Å²) in [5.41, 5.74) is 0. The highest BCUT2D eigenvalue weighted by Crippen LogP contribution is 2.16. The second kappa shape index (κ2) is 2.60. The summed E-state index contributed by atoms with van der Waals surface area (Å²) in [6.45, 7) is 3.27. The molecule has 60 valence electrons. The topological polar surface area (TPSA) is 43.6 Å². The molecule has 0 N–H and O–H groups in total.